The van der Waals surface area contributed by atoms with Gasteiger partial charge in [0.15, 0.2) is 0 Å². The van der Waals surface area contributed by atoms with Crippen LogP contribution in [0.3, 0.4) is 0 Å². The van der Waals surface area contributed by atoms with Gasteiger partial charge in [-0.1, -0.05) is 28.1 Å². The summed E-state index contributed by atoms with van der Waals surface area (Å²) in [5.74, 6) is -1.35. The van der Waals surface area contributed by atoms with Gasteiger partial charge in [-0.3, -0.25) is 0 Å². The average Bonchev–Trinajstić information content (AvgIpc) is 2.13. The average molecular weight is 267 g/mol. The Labute approximate surface area is 89.3 Å². The Morgan fingerprint density at radius 1 is 1.29 bits per heavy atom. The first-order valence-electron chi connectivity index (χ1n) is 4.24. The van der Waals surface area contributed by atoms with Gasteiger partial charge < -0.3 is 0 Å². The molecule has 0 fully saturated rings. The number of rotatable bonds is 4. The third-order valence-corrected chi connectivity index (χ3v) is 2.46. The van der Waals surface area contributed by atoms with Crippen molar-refractivity contribution in [3.8, 4) is 0 Å². The molecule has 1 atom stereocenters. The van der Waals surface area contributed by atoms with Crippen LogP contribution in [0.2, 0.25) is 0 Å². The summed E-state index contributed by atoms with van der Waals surface area (Å²) in [6.45, 7) is 0. The lowest BCUT2D eigenvalue weighted by molar-refractivity contribution is 0.112. The molecule has 0 aliphatic rings. The number of benzene rings is 1. The molecule has 0 aliphatic heterocycles. The van der Waals surface area contributed by atoms with Crippen LogP contribution in [-0.4, -0.2) is 11.8 Å². The van der Waals surface area contributed by atoms with Crippen molar-refractivity contribution in [2.45, 2.75) is 18.8 Å². The third-order valence-electron chi connectivity index (χ3n) is 2.00. The Bertz CT molecular complexity index is 288. The molecule has 0 aliphatic carbocycles. The van der Waals surface area contributed by atoms with Crippen molar-refractivity contribution in [3.63, 3.8) is 0 Å². The molecule has 0 N–H and O–H groups in total. The third kappa shape index (κ3) is 3.01. The van der Waals surface area contributed by atoms with E-state index < -0.39 is 18.2 Å². The van der Waals surface area contributed by atoms with Crippen LogP contribution in [0.15, 0.2) is 24.3 Å². The van der Waals surface area contributed by atoms with Crippen molar-refractivity contribution < 1.29 is 13.2 Å². The van der Waals surface area contributed by atoms with E-state index in [1.165, 1.54) is 24.3 Å². The lowest BCUT2D eigenvalue weighted by Gasteiger charge is -2.14. The molecule has 0 saturated heterocycles. The number of hydrogen-bond donors (Lipinski definition) is 0. The predicted molar refractivity (Wildman–Crippen MR) is 53.6 cm³/mol. The fraction of sp³-hybridized carbons (Fsp3) is 0.400. The van der Waals surface area contributed by atoms with Gasteiger partial charge in [-0.05, 0) is 24.1 Å². The van der Waals surface area contributed by atoms with E-state index in [4.69, 9.17) is 0 Å². The van der Waals surface area contributed by atoms with E-state index in [1.807, 2.05) is 0 Å². The molecule has 0 saturated carbocycles. The zero-order valence-electron chi connectivity index (χ0n) is 7.39. The fourth-order valence-electron chi connectivity index (χ4n) is 1.29. The van der Waals surface area contributed by atoms with Crippen LogP contribution < -0.4 is 0 Å². The van der Waals surface area contributed by atoms with E-state index in [9.17, 15) is 13.2 Å². The molecule has 1 rings (SSSR count). The maximum atomic E-state index is 12.8. The first-order valence-corrected chi connectivity index (χ1v) is 5.37. The number of hydrogen-bond acceptors (Lipinski definition) is 0. The maximum Gasteiger partial charge on any atom is 0.245 e. The summed E-state index contributed by atoms with van der Waals surface area (Å²) >= 11 is 3.11. The molecule has 78 valence electrons. The second-order valence-corrected chi connectivity index (χ2v) is 3.77. The van der Waals surface area contributed by atoms with E-state index in [0.717, 1.165) is 0 Å². The van der Waals surface area contributed by atoms with Gasteiger partial charge in [0.05, 0.1) is 0 Å². The van der Waals surface area contributed by atoms with Crippen LogP contribution in [0.1, 0.15) is 17.9 Å². The van der Waals surface area contributed by atoms with Gasteiger partial charge >= 0.3 is 0 Å². The predicted octanol–water partition coefficient (Wildman–Crippen LogP) is 3.96. The molecule has 1 unspecified atom stereocenters. The molecule has 1 aromatic rings. The monoisotopic (exact) mass is 266 g/mol. The van der Waals surface area contributed by atoms with E-state index in [1.54, 1.807) is 0 Å². The first kappa shape index (κ1) is 11.6. The number of halogens is 4. The Kier molecular flexibility index (Phi) is 4.45. The summed E-state index contributed by atoms with van der Waals surface area (Å²) in [5.41, 5.74) is 0.361. The molecule has 1 aromatic carbocycles. The highest BCUT2D eigenvalue weighted by Crippen LogP contribution is 2.27. The van der Waals surface area contributed by atoms with Crippen molar-refractivity contribution in [3.05, 3.63) is 35.6 Å². The standard InChI is InChI=1S/C10H10BrF3/c11-5-4-9(10(13)14)7-2-1-3-8(12)6-7/h1-3,6,9-10H,4-5H2. The molecular formula is C10H10BrF3. The van der Waals surface area contributed by atoms with Crippen LogP contribution in [0.25, 0.3) is 0 Å². The lowest BCUT2D eigenvalue weighted by atomic mass is 9.97. The van der Waals surface area contributed by atoms with Gasteiger partial charge in [0.25, 0.3) is 0 Å². The van der Waals surface area contributed by atoms with E-state index in [2.05, 4.69) is 15.9 Å². The van der Waals surface area contributed by atoms with Crippen LogP contribution >= 0.6 is 15.9 Å². The lowest BCUT2D eigenvalue weighted by Crippen LogP contribution is -2.10. The molecule has 4 heteroatoms. The minimum Gasteiger partial charge on any atom is -0.210 e. The second-order valence-electron chi connectivity index (χ2n) is 2.97. The molecule has 0 nitrogen and oxygen atoms in total. The molecule has 0 heterocycles. The normalized spacial score (nSPS) is 13.2. The zero-order chi connectivity index (χ0) is 10.6. The van der Waals surface area contributed by atoms with Crippen molar-refractivity contribution >= 4 is 15.9 Å². The number of alkyl halides is 3. The molecule has 0 bridgehead atoms. The summed E-state index contributed by atoms with van der Waals surface area (Å²) in [6, 6.07) is 5.40. The van der Waals surface area contributed by atoms with E-state index in [0.29, 0.717) is 17.3 Å². The molecule has 0 aromatic heterocycles. The van der Waals surface area contributed by atoms with E-state index >= 15 is 0 Å². The molecule has 0 amide bonds. The Hall–Kier alpha value is -0.510. The SMILES string of the molecule is Fc1cccc(C(CCBr)C(F)F)c1. The van der Waals surface area contributed by atoms with Crippen molar-refractivity contribution in [1.29, 1.82) is 0 Å². The highest BCUT2D eigenvalue weighted by Gasteiger charge is 2.21. The van der Waals surface area contributed by atoms with Crippen LogP contribution in [-0.2, 0) is 0 Å². The highest BCUT2D eigenvalue weighted by molar-refractivity contribution is 9.09. The smallest absolute Gasteiger partial charge is 0.210 e. The Balaban J connectivity index is 2.87. The zero-order valence-corrected chi connectivity index (χ0v) is 8.98. The van der Waals surface area contributed by atoms with Gasteiger partial charge in [-0.25, -0.2) is 13.2 Å². The summed E-state index contributed by atoms with van der Waals surface area (Å²) in [4.78, 5) is 0. The molecule has 14 heavy (non-hydrogen) atoms. The first-order chi connectivity index (χ1) is 6.65. The van der Waals surface area contributed by atoms with E-state index in [-0.39, 0.29) is 0 Å². The molecular weight excluding hydrogens is 257 g/mol. The molecule has 0 spiro atoms. The minimum absolute atomic E-state index is 0.307. The summed E-state index contributed by atoms with van der Waals surface area (Å²) < 4.78 is 37.9. The molecule has 0 radical (unpaired) electrons. The summed E-state index contributed by atoms with van der Waals surface area (Å²) in [7, 11) is 0. The fourth-order valence-corrected chi connectivity index (χ4v) is 1.79. The maximum absolute atomic E-state index is 12.8. The van der Waals surface area contributed by atoms with Gasteiger partial charge in [-0.15, -0.1) is 0 Å². The second kappa shape index (κ2) is 5.39. The van der Waals surface area contributed by atoms with Crippen molar-refractivity contribution in [1.82, 2.24) is 0 Å². The Morgan fingerprint density at radius 2 is 2.00 bits per heavy atom. The van der Waals surface area contributed by atoms with Crippen LogP contribution in [0, 0.1) is 5.82 Å². The van der Waals surface area contributed by atoms with Crippen molar-refractivity contribution in [2.75, 3.05) is 5.33 Å². The summed E-state index contributed by atoms with van der Waals surface area (Å²) in [5, 5.41) is 0.485. The van der Waals surface area contributed by atoms with Gasteiger partial charge in [0.1, 0.15) is 5.82 Å². The minimum atomic E-state index is -2.45. The van der Waals surface area contributed by atoms with Gasteiger partial charge in [0.2, 0.25) is 6.43 Å². The summed E-state index contributed by atoms with van der Waals surface area (Å²) in [6.07, 6.45) is -2.14. The Morgan fingerprint density at radius 3 is 2.50 bits per heavy atom. The topological polar surface area (TPSA) is 0 Å². The van der Waals surface area contributed by atoms with Gasteiger partial charge in [0, 0.05) is 11.2 Å². The van der Waals surface area contributed by atoms with Crippen LogP contribution in [0.5, 0.6) is 0 Å². The van der Waals surface area contributed by atoms with Gasteiger partial charge in [-0.2, -0.15) is 0 Å². The largest absolute Gasteiger partial charge is 0.245 e. The van der Waals surface area contributed by atoms with Crippen molar-refractivity contribution in [2.24, 2.45) is 0 Å². The quantitative estimate of drug-likeness (QED) is 0.724. The highest BCUT2D eigenvalue weighted by atomic mass is 79.9. The van der Waals surface area contributed by atoms with Crippen LogP contribution in [0.4, 0.5) is 13.2 Å².